The van der Waals surface area contributed by atoms with Crippen molar-refractivity contribution in [2.24, 2.45) is 0 Å². The number of rotatable bonds is 13. The van der Waals surface area contributed by atoms with E-state index in [9.17, 15) is 66.1 Å². The molecule has 3 rings (SSSR count). The summed E-state index contributed by atoms with van der Waals surface area (Å²) in [5, 5.41) is 152. The summed E-state index contributed by atoms with van der Waals surface area (Å²) in [5.41, 5.74) is 0. The van der Waals surface area contributed by atoms with Crippen molar-refractivity contribution in [1.82, 2.24) is 0 Å². The Balaban J connectivity index is 0.000000320. The number of aliphatic hydroxyl groups excluding tert-OH is 16. The molecule has 3 heterocycles. The van der Waals surface area contributed by atoms with Gasteiger partial charge in [-0.3, -0.25) is 0 Å². The first-order valence-corrected chi connectivity index (χ1v) is 13.9. The zero-order chi connectivity index (χ0) is 35.1. The van der Waals surface area contributed by atoms with Gasteiger partial charge in [0.2, 0.25) is 5.79 Å². The summed E-state index contributed by atoms with van der Waals surface area (Å²) >= 11 is 0. The molecule has 0 spiro atoms. The van der Waals surface area contributed by atoms with Crippen LogP contribution in [0.4, 0.5) is 0 Å². The minimum atomic E-state index is -2.22. The lowest BCUT2D eigenvalue weighted by Gasteiger charge is -2.43. The maximum Gasteiger partial charge on any atom is 0.224 e. The van der Waals surface area contributed by atoms with Crippen molar-refractivity contribution in [2.75, 3.05) is 33.0 Å². The summed E-state index contributed by atoms with van der Waals surface area (Å²) in [7, 11) is 0. The molecule has 0 aromatic carbocycles. The van der Waals surface area contributed by atoms with Crippen LogP contribution in [-0.2, 0) is 28.5 Å². The van der Waals surface area contributed by atoms with Crippen molar-refractivity contribution in [3.8, 4) is 0 Å². The molecule has 0 unspecified atom stereocenters. The Bertz CT molecular complexity index is 898. The monoisotopic (exact) mass is 684 g/mol. The van der Waals surface area contributed by atoms with Crippen molar-refractivity contribution in [3.63, 3.8) is 0 Å². The van der Waals surface area contributed by atoms with Gasteiger partial charge in [0.15, 0.2) is 18.9 Å². The highest BCUT2D eigenvalue weighted by molar-refractivity contribution is 5.56. The summed E-state index contributed by atoms with van der Waals surface area (Å²) in [6.07, 6.45) is -28.3. The molecule has 0 aromatic rings. The van der Waals surface area contributed by atoms with Gasteiger partial charge in [0.1, 0.15) is 98.2 Å². The third kappa shape index (κ3) is 8.89. The third-order valence-corrected chi connectivity index (χ3v) is 7.60. The zero-order valence-electron chi connectivity index (χ0n) is 24.0. The van der Waals surface area contributed by atoms with E-state index in [1.165, 1.54) is 0 Å². The number of ether oxygens (including phenoxy) is 5. The molecule has 272 valence electrons. The van der Waals surface area contributed by atoms with Crippen molar-refractivity contribution in [3.05, 3.63) is 0 Å². The van der Waals surface area contributed by atoms with Crippen LogP contribution in [0.1, 0.15) is 0 Å². The van der Waals surface area contributed by atoms with Crippen LogP contribution >= 0.6 is 0 Å². The van der Waals surface area contributed by atoms with E-state index in [1.807, 2.05) is 0 Å². The van der Waals surface area contributed by atoms with Crippen LogP contribution < -0.4 is 0 Å². The average molecular weight is 685 g/mol. The second-order valence-corrected chi connectivity index (χ2v) is 10.7. The molecule has 0 saturated carbocycles. The minimum absolute atomic E-state index is 0.0294. The molecule has 0 bridgehead atoms. The molecule has 0 aliphatic carbocycles. The topological polar surface area (TPSA) is 387 Å². The Kier molecular flexibility index (Phi) is 16.0. The van der Waals surface area contributed by atoms with Crippen LogP contribution in [0.15, 0.2) is 0 Å². The highest BCUT2D eigenvalue weighted by Gasteiger charge is 2.58. The molecule has 0 aromatic heterocycles. The molecule has 3 aliphatic rings. The lowest BCUT2D eigenvalue weighted by Crippen LogP contribution is -2.62. The van der Waals surface area contributed by atoms with E-state index in [-0.39, 0.29) is 6.29 Å². The minimum Gasteiger partial charge on any atom is -0.394 e. The molecule has 18 atom stereocenters. The maximum atomic E-state index is 10.5. The van der Waals surface area contributed by atoms with Crippen molar-refractivity contribution in [1.29, 1.82) is 0 Å². The van der Waals surface area contributed by atoms with Crippen LogP contribution in [0.25, 0.3) is 0 Å². The Morgan fingerprint density at radius 3 is 1.54 bits per heavy atom. The molecule has 46 heavy (non-hydrogen) atoms. The van der Waals surface area contributed by atoms with E-state index in [0.717, 1.165) is 0 Å². The summed E-state index contributed by atoms with van der Waals surface area (Å²) in [6, 6.07) is 0. The molecule has 0 amide bonds. The summed E-state index contributed by atoms with van der Waals surface area (Å²) < 4.78 is 25.5. The molecule has 16 N–H and O–H groups in total. The van der Waals surface area contributed by atoms with E-state index in [2.05, 4.69) is 0 Å². The summed E-state index contributed by atoms with van der Waals surface area (Å²) in [4.78, 5) is 10.5. The molecule has 22 nitrogen and oxygen atoms in total. The van der Waals surface area contributed by atoms with Crippen LogP contribution in [0.2, 0.25) is 0 Å². The van der Waals surface area contributed by atoms with Crippen molar-refractivity contribution < 1.29 is 110 Å². The standard InChI is InChI=1S/2C12H22O11/c13-1-4-6(16)8(18)9(19)11(21-4)23-12(3-15)10(20)7(17)5(2-14)22-12;13-1-4(16)7(18)11(5(17)2-14)23-12-10(21)9(20)8(19)6(3-15)22-12/h4-11,13-20H,1-3H2;1,4-12,14-21H,2-3H2/t4-,5-,6-,7-,8+,9-,10+,11-,12+;4-,5+,6+,7+,8+,9-,10+,11+,12+/m10/s1. The van der Waals surface area contributed by atoms with Gasteiger partial charge in [-0.25, -0.2) is 0 Å². The van der Waals surface area contributed by atoms with Gasteiger partial charge in [-0.1, -0.05) is 0 Å². The number of hydrogen-bond acceptors (Lipinski definition) is 22. The Hall–Kier alpha value is -1.17. The van der Waals surface area contributed by atoms with Crippen LogP contribution in [0.5, 0.6) is 0 Å². The van der Waals surface area contributed by atoms with Gasteiger partial charge in [-0.05, 0) is 0 Å². The lowest BCUT2D eigenvalue weighted by atomic mass is 9.98. The Morgan fingerprint density at radius 2 is 1.13 bits per heavy atom. The molecule has 3 saturated heterocycles. The van der Waals surface area contributed by atoms with Gasteiger partial charge in [-0.15, -0.1) is 0 Å². The Labute approximate surface area is 260 Å². The third-order valence-electron chi connectivity index (χ3n) is 7.60. The molecule has 22 heteroatoms. The molecular formula is C24H44O22. The number of aliphatic hydroxyl groups is 16. The van der Waals surface area contributed by atoms with E-state index in [4.69, 9.17) is 44.1 Å². The number of aldehydes is 1. The van der Waals surface area contributed by atoms with Gasteiger partial charge < -0.3 is 110 Å². The van der Waals surface area contributed by atoms with Gasteiger partial charge in [0.05, 0.1) is 26.4 Å². The van der Waals surface area contributed by atoms with Crippen LogP contribution in [0.3, 0.4) is 0 Å². The van der Waals surface area contributed by atoms with E-state index in [1.54, 1.807) is 0 Å². The molecule has 3 fully saturated rings. The normalized spacial score (nSPS) is 44.0. The lowest BCUT2D eigenvalue weighted by molar-refractivity contribution is -0.383. The fourth-order valence-corrected chi connectivity index (χ4v) is 4.74. The summed E-state index contributed by atoms with van der Waals surface area (Å²) in [5.74, 6) is -2.22. The largest absolute Gasteiger partial charge is 0.394 e. The van der Waals surface area contributed by atoms with Gasteiger partial charge in [0, 0.05) is 0 Å². The number of carbonyl (C=O) groups is 1. The zero-order valence-corrected chi connectivity index (χ0v) is 24.0. The summed E-state index contributed by atoms with van der Waals surface area (Å²) in [6.45, 7) is -3.96. The Morgan fingerprint density at radius 1 is 0.652 bits per heavy atom. The first-order chi connectivity index (χ1) is 21.6. The second-order valence-electron chi connectivity index (χ2n) is 10.7. The predicted octanol–water partition coefficient (Wildman–Crippen LogP) is -11.0. The van der Waals surface area contributed by atoms with E-state index < -0.39 is 143 Å². The van der Waals surface area contributed by atoms with E-state index >= 15 is 0 Å². The van der Waals surface area contributed by atoms with E-state index in [0.29, 0.717) is 0 Å². The first kappa shape index (κ1) is 41.0. The number of hydrogen-bond donors (Lipinski definition) is 16. The van der Waals surface area contributed by atoms with Gasteiger partial charge in [-0.2, -0.15) is 0 Å². The van der Waals surface area contributed by atoms with Crippen LogP contribution in [0, 0.1) is 0 Å². The molecule has 0 radical (unpaired) electrons. The van der Waals surface area contributed by atoms with Gasteiger partial charge >= 0.3 is 0 Å². The second kappa shape index (κ2) is 18.0. The SMILES string of the molecule is O=C[C@H](O)[C@@H](O)[C@H](O[C@H]1O[C@H](CO)[C@@H](O)[C@H](O)[C@H]1O)[C@H](O)CO.OC[C@H]1O[C@@](CO)(O[C@H]2O[C@H](CO)[C@@H](O)[C@H](O)[C@H]2O)[C@@H](O)[C@@H]1O. The van der Waals surface area contributed by atoms with Gasteiger partial charge in [0.25, 0.3) is 0 Å². The van der Waals surface area contributed by atoms with Crippen molar-refractivity contribution >= 4 is 6.29 Å². The maximum absolute atomic E-state index is 10.5. The first-order valence-electron chi connectivity index (χ1n) is 13.9. The predicted molar refractivity (Wildman–Crippen MR) is 138 cm³/mol. The highest BCUT2D eigenvalue weighted by atomic mass is 16.8. The smallest absolute Gasteiger partial charge is 0.224 e. The molecular weight excluding hydrogens is 640 g/mol. The average Bonchev–Trinajstić information content (AvgIpc) is 3.31. The quantitative estimate of drug-likeness (QED) is 0.0800. The number of carbonyl (C=O) groups excluding carboxylic acids is 1. The van der Waals surface area contributed by atoms with Crippen molar-refractivity contribution in [2.45, 2.75) is 110 Å². The fourth-order valence-electron chi connectivity index (χ4n) is 4.74. The van der Waals surface area contributed by atoms with Crippen LogP contribution in [-0.4, -0.2) is 231 Å². The highest BCUT2D eigenvalue weighted by Crippen LogP contribution is 2.36. The molecule has 3 aliphatic heterocycles. The fraction of sp³-hybridized carbons (Fsp3) is 0.958.